The number of aliphatic carboxylic acids is 2. The number of nitrogens with two attached hydrogens (primary N) is 2. The molecule has 784 valence electrons. The molecule has 0 saturated carbocycles. The van der Waals surface area contributed by atoms with E-state index in [-0.39, 0.29) is 55.9 Å². The lowest BCUT2D eigenvalue weighted by atomic mass is 9.94. The van der Waals surface area contributed by atoms with Gasteiger partial charge in [-0.3, -0.25) is 101 Å². The number of imidazole rings is 1. The van der Waals surface area contributed by atoms with Gasteiger partial charge in [0.1, 0.15) is 96.4 Å². The van der Waals surface area contributed by atoms with Crippen LogP contribution < -0.4 is 112 Å². The molecule has 142 heavy (non-hydrogen) atoms. The molecule has 54 heteroatoms. The lowest BCUT2D eigenvalue weighted by Crippen LogP contribution is -2.62. The van der Waals surface area contributed by atoms with Crippen molar-refractivity contribution >= 4 is 141 Å². The Labute approximate surface area is 814 Å². The molecular formula is C88H132N24O30. The standard InChI is InChI=1S/C88H132N24O30/c1-11-42(6)70(110-81(134)56(26-48-30-92-52-17-15-14-16-51(48)52)104-77(130)53(22-23-69(125)126)102-79(132)54(24-41(4)5)100-67(123)34-95-75(128)58(28-63(90)119)99-64(120)29-89)84(137)96-35-68(124)109-71(43(7)12-2)86(139)111-72(44(8)13-3)85(138)107-61(38-115)82(135)106-59(36-113)76(129)94-32-65(121)93-33-66(122)101-60(37-114)83(136)112-73(46(10)117)87(140)105-57(27-49-31-91-40-97-49)80(133)103-55(25-47-18-20-50(118)21-19-47)78(131)98-45(9)74(127)108-62(39-116)88(141)142/h14-21,30-31,40-46,53-62,70-73,92,113-118H,11-13,22-29,32-39,89H2,1-10H3,(H2,90,119)(H,91,97)(H,93,121)(H,94,129)(H,95,128)(H,96,137)(H,98,131)(H,99,120)(H,100,123)(H,101,122)(H,102,132)(H,103,133)(H,104,130)(H,105,140)(H,106,135)(H,107,138)(H,108,127)(H,109,124)(H,110,134)(H,111,139)(H,112,136)(H,125,126)(H,141,142)/t42-,43-,44-,45-,46+,53-,54-,55-,56-,57-,58-,59-,60-,61-,62-,70-,71-,72-,73-/m0/s1. The van der Waals surface area contributed by atoms with Crippen LogP contribution in [0.1, 0.15) is 131 Å². The van der Waals surface area contributed by atoms with E-state index in [1.165, 1.54) is 50.6 Å². The molecule has 0 unspecified atom stereocenters. The van der Waals surface area contributed by atoms with Crippen LogP contribution in [0.15, 0.2) is 67.3 Å². The molecule has 0 saturated heterocycles. The van der Waals surface area contributed by atoms with E-state index in [4.69, 9.17) is 11.5 Å². The lowest BCUT2D eigenvalue weighted by Gasteiger charge is -2.30. The van der Waals surface area contributed by atoms with E-state index < -0.39 is 329 Å². The molecule has 0 radical (unpaired) electrons. The fraction of sp³-hybridized carbons (Fsp3) is 0.557. The zero-order valence-corrected chi connectivity index (χ0v) is 80.0. The first-order chi connectivity index (χ1) is 67.0. The molecule has 0 aliphatic carbocycles. The molecular weight excluding hydrogens is 1870 g/mol. The number of phenols is 1. The first-order valence-electron chi connectivity index (χ1n) is 45.5. The number of rotatable bonds is 63. The van der Waals surface area contributed by atoms with Crippen LogP contribution in [0, 0.1) is 23.7 Å². The summed E-state index contributed by atoms with van der Waals surface area (Å²) in [6.45, 7) is 6.65. The molecule has 2 heterocycles. The summed E-state index contributed by atoms with van der Waals surface area (Å²) in [5.41, 5.74) is 12.1. The highest BCUT2D eigenvalue weighted by atomic mass is 16.4. The first kappa shape index (κ1) is 119. The first-order valence-corrected chi connectivity index (χ1v) is 45.5. The number of amides is 20. The summed E-state index contributed by atoms with van der Waals surface area (Å²) < 4.78 is 0. The third-order valence-corrected chi connectivity index (χ3v) is 22.4. The highest BCUT2D eigenvalue weighted by molar-refractivity contribution is 6.02. The van der Waals surface area contributed by atoms with Gasteiger partial charge in [-0.15, -0.1) is 0 Å². The van der Waals surface area contributed by atoms with Gasteiger partial charge in [0.05, 0.1) is 83.7 Å². The Balaban J connectivity index is 1.41. The number of aromatic nitrogens is 3. The number of H-pyrrole nitrogens is 2. The summed E-state index contributed by atoms with van der Waals surface area (Å²) >= 11 is 0. The molecule has 4 aromatic rings. The molecule has 0 bridgehead atoms. The number of aromatic hydroxyl groups is 1. The van der Waals surface area contributed by atoms with Gasteiger partial charge in [-0.2, -0.15) is 0 Å². The van der Waals surface area contributed by atoms with Gasteiger partial charge in [-0.25, -0.2) is 9.78 Å². The van der Waals surface area contributed by atoms with Crippen LogP contribution in [-0.4, -0.2) is 342 Å². The van der Waals surface area contributed by atoms with E-state index >= 15 is 0 Å². The molecule has 0 aliphatic heterocycles. The number of carboxylic acid groups (broad SMARTS) is 2. The van der Waals surface area contributed by atoms with Crippen LogP contribution in [0.4, 0.5) is 0 Å². The van der Waals surface area contributed by atoms with Crippen molar-refractivity contribution in [2.24, 2.45) is 35.1 Å². The van der Waals surface area contributed by atoms with Crippen molar-refractivity contribution in [3.63, 3.8) is 0 Å². The monoisotopic (exact) mass is 2000 g/mol. The highest BCUT2D eigenvalue weighted by Gasteiger charge is 2.41. The van der Waals surface area contributed by atoms with Crippen molar-refractivity contribution < 1.29 is 146 Å². The van der Waals surface area contributed by atoms with E-state index in [2.05, 4.69) is 111 Å². The number of nitrogens with one attached hydrogen (secondary N) is 21. The number of fused-ring (bicyclic) bond motifs is 1. The fourth-order valence-corrected chi connectivity index (χ4v) is 13.7. The number of carbonyl (C=O) groups is 22. The summed E-state index contributed by atoms with van der Waals surface area (Å²) in [7, 11) is 0. The van der Waals surface area contributed by atoms with Crippen molar-refractivity contribution in [1.82, 2.24) is 116 Å². The predicted octanol–water partition coefficient (Wildman–Crippen LogP) is -11.3. The van der Waals surface area contributed by atoms with Gasteiger partial charge < -0.3 is 163 Å². The second-order valence-corrected chi connectivity index (χ2v) is 34.1. The van der Waals surface area contributed by atoms with Crippen LogP contribution in [0.3, 0.4) is 0 Å². The number of nitrogens with zero attached hydrogens (tertiary/aromatic N) is 1. The van der Waals surface area contributed by atoms with Crippen molar-refractivity contribution in [3.05, 3.63) is 84.1 Å². The Morgan fingerprint density at radius 1 is 0.394 bits per heavy atom. The summed E-state index contributed by atoms with van der Waals surface area (Å²) in [6, 6.07) is -12.7. The van der Waals surface area contributed by atoms with Crippen molar-refractivity contribution in [2.75, 3.05) is 59.2 Å². The van der Waals surface area contributed by atoms with Gasteiger partial charge in [0, 0.05) is 49.0 Å². The number of aliphatic hydroxyl groups is 5. The number of phenolic OH excluding ortho intramolecular Hbond substituents is 1. The number of hydrogen-bond donors (Lipinski definition) is 31. The summed E-state index contributed by atoms with van der Waals surface area (Å²) in [6.07, 6.45) is -0.127. The average molecular weight is 2010 g/mol. The number of para-hydroxylation sites is 1. The van der Waals surface area contributed by atoms with Crippen molar-refractivity contribution in [2.45, 2.75) is 230 Å². The number of carboxylic acids is 2. The molecule has 33 N–H and O–H groups in total. The minimum absolute atomic E-state index is 0.0843. The fourth-order valence-electron chi connectivity index (χ4n) is 13.7. The van der Waals surface area contributed by atoms with Gasteiger partial charge in [0.25, 0.3) is 0 Å². The molecule has 19 atom stereocenters. The maximum absolute atomic E-state index is 14.8. The van der Waals surface area contributed by atoms with Gasteiger partial charge in [-0.1, -0.05) is 105 Å². The van der Waals surface area contributed by atoms with Crippen LogP contribution >= 0.6 is 0 Å². The van der Waals surface area contributed by atoms with Gasteiger partial charge >= 0.3 is 11.9 Å². The average Bonchev–Trinajstić information content (AvgIpc) is 1.63. The quantitative estimate of drug-likeness (QED) is 0.0195. The van der Waals surface area contributed by atoms with Gasteiger partial charge in [0.2, 0.25) is 118 Å². The van der Waals surface area contributed by atoms with E-state index in [1.54, 1.807) is 78.9 Å². The van der Waals surface area contributed by atoms with Crippen molar-refractivity contribution in [3.8, 4) is 5.75 Å². The van der Waals surface area contributed by atoms with Crippen LogP contribution in [0.25, 0.3) is 10.9 Å². The van der Waals surface area contributed by atoms with Gasteiger partial charge in [-0.05, 0) is 79.7 Å². The molecule has 4 rings (SSSR count). The Morgan fingerprint density at radius 2 is 0.803 bits per heavy atom. The molecule has 0 aliphatic rings. The van der Waals surface area contributed by atoms with Crippen molar-refractivity contribution in [1.29, 1.82) is 0 Å². The summed E-state index contributed by atoms with van der Waals surface area (Å²) in [5, 5.41) is 125. The SMILES string of the molecule is CC[C@H](C)[C@H](NC(=O)CNC(=O)[C@@H](NC(=O)[C@H](Cc1c[nH]c2ccccc12)NC(=O)[C@H](CCC(=O)O)NC(=O)[C@H](CC(C)C)NC(=O)CNC(=O)[C@H](CC(N)=O)NC(=O)CN)[C@@H](C)CC)C(=O)N[C@H](C(=O)N[C@@H](CO)C(=O)N[C@@H](CO)C(=O)NCC(=O)NCC(=O)N[C@@H](CO)C(=O)N[C@H](C(=O)N[C@@H](Cc1c[nH]cn1)C(=O)N[C@@H](Cc1ccc(O)cc1)C(=O)N[C@@H](C)C(=O)N[C@@H](CO)C(=O)O)[C@@H](C)O)[C@@H](C)CC. The number of benzene rings is 2. The third-order valence-electron chi connectivity index (χ3n) is 22.4. The smallest absolute Gasteiger partial charge is 0.328 e. The Morgan fingerprint density at radius 3 is 1.35 bits per heavy atom. The number of aliphatic hydroxyl groups excluding tert-OH is 5. The number of primary amides is 1. The van der Waals surface area contributed by atoms with Crippen LogP contribution in [0.2, 0.25) is 0 Å². The molecule has 0 spiro atoms. The highest BCUT2D eigenvalue weighted by Crippen LogP contribution is 2.22. The van der Waals surface area contributed by atoms with Crippen LogP contribution in [0.5, 0.6) is 5.75 Å². The van der Waals surface area contributed by atoms with Crippen LogP contribution in [-0.2, 0) is 125 Å². The van der Waals surface area contributed by atoms with E-state index in [0.29, 0.717) is 22.0 Å². The summed E-state index contributed by atoms with van der Waals surface area (Å²) in [5.74, 6) is -26.9. The minimum atomic E-state index is -1.97. The zero-order chi connectivity index (χ0) is 106. The molecule has 2 aromatic heterocycles. The molecule has 54 nitrogen and oxygen atoms in total. The number of hydrogen-bond acceptors (Lipinski definition) is 30. The molecule has 2 aromatic carbocycles. The normalized spacial score (nSPS) is 15.1. The topological polar surface area (TPSA) is 862 Å². The summed E-state index contributed by atoms with van der Waals surface area (Å²) in [4.78, 5) is 305. The molecule has 20 amide bonds. The van der Waals surface area contributed by atoms with Gasteiger partial charge in [0.15, 0.2) is 0 Å². The minimum Gasteiger partial charge on any atom is -0.508 e. The zero-order valence-electron chi connectivity index (χ0n) is 80.0. The largest absolute Gasteiger partial charge is 0.508 e. The Kier molecular flexibility index (Phi) is 50.6. The second-order valence-electron chi connectivity index (χ2n) is 34.1. The maximum atomic E-state index is 14.8. The van der Waals surface area contributed by atoms with E-state index in [0.717, 1.165) is 6.92 Å². The number of aromatic amines is 2. The Bertz CT molecular complexity index is 5020. The number of carbonyl (C=O) groups excluding carboxylic acids is 20. The van der Waals surface area contributed by atoms with E-state index in [9.17, 15) is 146 Å². The Hall–Kier alpha value is -14.9. The second kappa shape index (κ2) is 60.2. The maximum Gasteiger partial charge on any atom is 0.328 e. The van der Waals surface area contributed by atoms with E-state index in [1.807, 2.05) is 5.32 Å². The predicted molar refractivity (Wildman–Crippen MR) is 498 cm³/mol. The third kappa shape index (κ3) is 40.1. The lowest BCUT2D eigenvalue weighted by molar-refractivity contribution is -0.143. The molecule has 0 fully saturated rings.